The van der Waals surface area contributed by atoms with Crippen molar-refractivity contribution in [1.82, 2.24) is 4.98 Å². The number of carbonyl (C=O) groups excluding carboxylic acids is 1. The van der Waals surface area contributed by atoms with Gasteiger partial charge < -0.3 is 19.7 Å². The van der Waals surface area contributed by atoms with E-state index >= 15 is 0 Å². The maximum Gasteiger partial charge on any atom is 0.258 e. The van der Waals surface area contributed by atoms with E-state index in [1.165, 1.54) is 0 Å². The van der Waals surface area contributed by atoms with E-state index in [1.54, 1.807) is 37.4 Å². The van der Waals surface area contributed by atoms with E-state index in [9.17, 15) is 4.79 Å². The first-order valence-electron chi connectivity index (χ1n) is 9.39. The van der Waals surface area contributed by atoms with Crippen LogP contribution in [-0.2, 0) is 0 Å². The van der Waals surface area contributed by atoms with Gasteiger partial charge in [-0.25, -0.2) is 4.98 Å². The maximum atomic E-state index is 13.1. The molecule has 0 saturated carbocycles. The number of benzene rings is 2. The summed E-state index contributed by atoms with van der Waals surface area (Å²) in [5, 5.41) is 3.21. The van der Waals surface area contributed by atoms with E-state index < -0.39 is 0 Å². The smallest absolute Gasteiger partial charge is 0.258 e. The summed E-state index contributed by atoms with van der Waals surface area (Å²) in [5.74, 6) is 1.76. The molecule has 1 amide bonds. The third-order valence-corrected chi connectivity index (χ3v) is 4.54. The van der Waals surface area contributed by atoms with Gasteiger partial charge in [-0.15, -0.1) is 0 Å². The van der Waals surface area contributed by atoms with Crippen molar-refractivity contribution in [3.8, 4) is 11.5 Å². The van der Waals surface area contributed by atoms with Gasteiger partial charge in [-0.3, -0.25) is 4.79 Å². The predicted octanol–water partition coefficient (Wildman–Crippen LogP) is 4.82. The Morgan fingerprint density at radius 1 is 1.03 bits per heavy atom. The number of nitrogens with zero attached hydrogens (tertiary/aromatic N) is 2. The first kappa shape index (κ1) is 20.2. The molecular formula is C23H25N3O3. The van der Waals surface area contributed by atoms with Crippen molar-refractivity contribution in [3.05, 3.63) is 71.9 Å². The Morgan fingerprint density at radius 3 is 2.52 bits per heavy atom. The zero-order valence-electron chi connectivity index (χ0n) is 17.1. The second-order valence-corrected chi connectivity index (χ2v) is 6.51. The number of nitrogens with one attached hydrogen (secondary N) is 1. The quantitative estimate of drug-likeness (QED) is 0.626. The van der Waals surface area contributed by atoms with Crippen LogP contribution in [0.1, 0.15) is 22.8 Å². The summed E-state index contributed by atoms with van der Waals surface area (Å²) in [6.45, 7) is 4.55. The van der Waals surface area contributed by atoms with Crippen molar-refractivity contribution in [1.29, 1.82) is 0 Å². The van der Waals surface area contributed by atoms with Crippen LogP contribution < -0.4 is 19.7 Å². The third kappa shape index (κ3) is 4.66. The number of anilines is 3. The van der Waals surface area contributed by atoms with Crippen LogP contribution in [-0.4, -0.2) is 31.7 Å². The van der Waals surface area contributed by atoms with Gasteiger partial charge in [-0.1, -0.05) is 12.1 Å². The number of aryl methyl sites for hydroxylation is 1. The molecular weight excluding hydrogens is 366 g/mol. The van der Waals surface area contributed by atoms with E-state index in [4.69, 9.17) is 9.47 Å². The summed E-state index contributed by atoms with van der Waals surface area (Å²) >= 11 is 0. The highest BCUT2D eigenvalue weighted by Gasteiger charge is 2.17. The van der Waals surface area contributed by atoms with Crippen LogP contribution in [0.4, 0.5) is 17.2 Å². The molecule has 0 aliphatic heterocycles. The molecule has 0 spiro atoms. The molecule has 0 aliphatic carbocycles. The third-order valence-electron chi connectivity index (χ3n) is 4.54. The molecule has 1 N–H and O–H groups in total. The van der Waals surface area contributed by atoms with Crippen LogP contribution in [0.25, 0.3) is 0 Å². The van der Waals surface area contributed by atoms with Crippen molar-refractivity contribution in [2.45, 2.75) is 13.8 Å². The Labute approximate surface area is 171 Å². The first-order chi connectivity index (χ1) is 14.0. The first-order valence-corrected chi connectivity index (χ1v) is 9.39. The Kier molecular flexibility index (Phi) is 6.34. The Bertz CT molecular complexity index is 1000. The average Bonchev–Trinajstić information content (AvgIpc) is 2.74. The number of amides is 1. The van der Waals surface area contributed by atoms with Gasteiger partial charge in [0.2, 0.25) is 0 Å². The lowest BCUT2D eigenvalue weighted by Crippen LogP contribution is -2.30. The topological polar surface area (TPSA) is 63.7 Å². The molecule has 3 aromatic rings. The lowest BCUT2D eigenvalue weighted by Gasteiger charge is -2.22. The minimum Gasteiger partial charge on any atom is -0.493 e. The minimum atomic E-state index is -0.0733. The van der Waals surface area contributed by atoms with Crippen LogP contribution in [0.3, 0.4) is 0 Å². The van der Waals surface area contributed by atoms with Crippen molar-refractivity contribution in [2.24, 2.45) is 0 Å². The Balaban J connectivity index is 1.84. The minimum absolute atomic E-state index is 0.0733. The van der Waals surface area contributed by atoms with Crippen molar-refractivity contribution >= 4 is 23.1 Å². The van der Waals surface area contributed by atoms with Crippen LogP contribution in [0.5, 0.6) is 11.5 Å². The normalized spacial score (nSPS) is 10.3. The molecule has 6 heteroatoms. The molecule has 0 atom stereocenters. The highest BCUT2D eigenvalue weighted by molar-refractivity contribution is 6.06. The number of ether oxygens (including phenoxy) is 2. The van der Waals surface area contributed by atoms with Gasteiger partial charge in [0.15, 0.2) is 11.5 Å². The van der Waals surface area contributed by atoms with Crippen molar-refractivity contribution in [3.63, 3.8) is 0 Å². The predicted molar refractivity (Wildman–Crippen MR) is 116 cm³/mol. The second-order valence-electron chi connectivity index (χ2n) is 6.51. The molecule has 0 bridgehead atoms. The Morgan fingerprint density at radius 2 is 1.83 bits per heavy atom. The van der Waals surface area contributed by atoms with Crippen LogP contribution in [0.2, 0.25) is 0 Å². The van der Waals surface area contributed by atoms with E-state index in [2.05, 4.69) is 10.3 Å². The number of methoxy groups -OCH3 is 2. The molecule has 0 aliphatic rings. The molecule has 6 nitrogen and oxygen atoms in total. The summed E-state index contributed by atoms with van der Waals surface area (Å²) in [6.07, 6.45) is 1.63. The Hall–Kier alpha value is -3.54. The van der Waals surface area contributed by atoms with Gasteiger partial charge in [0, 0.05) is 35.7 Å². The molecule has 0 saturated heterocycles. The van der Waals surface area contributed by atoms with Crippen LogP contribution in [0, 0.1) is 6.92 Å². The van der Waals surface area contributed by atoms with Gasteiger partial charge in [-0.2, -0.15) is 0 Å². The maximum absolute atomic E-state index is 13.1. The van der Waals surface area contributed by atoms with Crippen LogP contribution in [0.15, 0.2) is 60.8 Å². The lowest BCUT2D eigenvalue weighted by atomic mass is 10.1. The van der Waals surface area contributed by atoms with Crippen molar-refractivity contribution < 1.29 is 14.3 Å². The zero-order valence-corrected chi connectivity index (χ0v) is 17.1. The van der Waals surface area contributed by atoms with Gasteiger partial charge in [0.05, 0.1) is 14.2 Å². The van der Waals surface area contributed by atoms with Crippen molar-refractivity contribution in [2.75, 3.05) is 31.0 Å². The van der Waals surface area contributed by atoms with E-state index in [1.807, 2.05) is 56.3 Å². The summed E-state index contributed by atoms with van der Waals surface area (Å²) in [5.41, 5.74) is 3.33. The highest BCUT2D eigenvalue weighted by atomic mass is 16.5. The molecule has 0 fully saturated rings. The van der Waals surface area contributed by atoms with Gasteiger partial charge in [-0.05, 0) is 55.8 Å². The zero-order chi connectivity index (χ0) is 20.8. The molecule has 0 radical (unpaired) electrons. The summed E-state index contributed by atoms with van der Waals surface area (Å²) in [7, 11) is 3.18. The molecule has 0 unspecified atom stereocenters. The van der Waals surface area contributed by atoms with E-state index in [0.717, 1.165) is 16.9 Å². The monoisotopic (exact) mass is 391 g/mol. The number of rotatable bonds is 7. The fraction of sp³-hybridized carbons (Fsp3) is 0.217. The fourth-order valence-electron chi connectivity index (χ4n) is 3.09. The fourth-order valence-corrected chi connectivity index (χ4v) is 3.09. The number of aromatic nitrogens is 1. The number of pyridine rings is 1. The summed E-state index contributed by atoms with van der Waals surface area (Å²) in [4.78, 5) is 19.2. The molecule has 2 aromatic carbocycles. The number of carbonyl (C=O) groups is 1. The standard InChI is InChI=1S/C23H25N3O3/c1-5-26(19-8-6-7-16(2)13-19)23(27)17-11-12-24-22(14-17)25-18-9-10-20(28-3)21(15-18)29-4/h6-15H,5H2,1-4H3,(H,24,25). The molecule has 1 aromatic heterocycles. The molecule has 29 heavy (non-hydrogen) atoms. The van der Waals surface area contributed by atoms with Gasteiger partial charge >= 0.3 is 0 Å². The van der Waals surface area contributed by atoms with Crippen LogP contribution >= 0.6 is 0 Å². The summed E-state index contributed by atoms with van der Waals surface area (Å²) < 4.78 is 10.6. The molecule has 1 heterocycles. The van der Waals surface area contributed by atoms with Gasteiger partial charge in [0.1, 0.15) is 5.82 Å². The lowest BCUT2D eigenvalue weighted by molar-refractivity contribution is 0.0988. The van der Waals surface area contributed by atoms with Gasteiger partial charge in [0.25, 0.3) is 5.91 Å². The average molecular weight is 391 g/mol. The summed E-state index contributed by atoms with van der Waals surface area (Å²) in [6, 6.07) is 16.9. The molecule has 3 rings (SSSR count). The number of hydrogen-bond acceptors (Lipinski definition) is 5. The largest absolute Gasteiger partial charge is 0.493 e. The SMILES string of the molecule is CCN(C(=O)c1ccnc(Nc2ccc(OC)c(OC)c2)c1)c1cccc(C)c1. The number of hydrogen-bond donors (Lipinski definition) is 1. The second kappa shape index (κ2) is 9.10. The highest BCUT2D eigenvalue weighted by Crippen LogP contribution is 2.31. The van der Waals surface area contributed by atoms with E-state index in [-0.39, 0.29) is 5.91 Å². The molecule has 150 valence electrons. The van der Waals surface area contributed by atoms with E-state index in [0.29, 0.717) is 29.4 Å².